The maximum atomic E-state index is 3.51. The van der Waals surface area contributed by atoms with Crippen LogP contribution in [0.1, 0.15) is 45.0 Å². The Balaban J connectivity index is 2.36. The van der Waals surface area contributed by atoms with Gasteiger partial charge in [0.1, 0.15) is 0 Å². The average Bonchev–Trinajstić information content (AvgIpc) is 2.35. The molecule has 0 saturated heterocycles. The van der Waals surface area contributed by atoms with E-state index in [0.29, 0.717) is 6.04 Å². The molecule has 0 aromatic heterocycles. The second-order valence-corrected chi connectivity index (χ2v) is 6.35. The monoisotopic (exact) mass is 281 g/mol. The molecule has 1 heteroatoms. The van der Waals surface area contributed by atoms with Crippen LogP contribution in [0.15, 0.2) is 30.3 Å². The van der Waals surface area contributed by atoms with Gasteiger partial charge in [-0.05, 0) is 70.3 Å². The molecule has 2 aromatic rings. The van der Waals surface area contributed by atoms with E-state index in [4.69, 9.17) is 0 Å². The van der Waals surface area contributed by atoms with E-state index in [-0.39, 0.29) is 0 Å². The molecule has 1 N–H and O–H groups in total. The first kappa shape index (κ1) is 15.8. The van der Waals surface area contributed by atoms with E-state index in [1.807, 2.05) is 0 Å². The van der Waals surface area contributed by atoms with Crippen LogP contribution in [-0.4, -0.2) is 7.05 Å². The molecule has 1 atom stereocenters. The molecule has 2 aromatic carbocycles. The van der Waals surface area contributed by atoms with Crippen LogP contribution in [0, 0.1) is 34.6 Å². The van der Waals surface area contributed by atoms with E-state index in [9.17, 15) is 0 Å². The number of likely N-dealkylation sites (N-methyl/N-ethyl adjacent to an activating group) is 1. The standard InChI is InChI=1S/C20H27N/c1-13-7-14(2)11-18(10-13)12-19(21-6)20-16(4)8-15(3)9-17(20)5/h7-11,19,21H,12H2,1-6H3. The zero-order chi connectivity index (χ0) is 15.6. The quantitative estimate of drug-likeness (QED) is 0.854. The molecule has 0 heterocycles. The molecule has 0 aliphatic heterocycles. The van der Waals surface area contributed by atoms with Crippen LogP contribution in [0.25, 0.3) is 0 Å². The molecule has 0 bridgehead atoms. The highest BCUT2D eigenvalue weighted by Crippen LogP contribution is 2.26. The van der Waals surface area contributed by atoms with Gasteiger partial charge >= 0.3 is 0 Å². The van der Waals surface area contributed by atoms with Gasteiger partial charge in [0.2, 0.25) is 0 Å². The zero-order valence-electron chi connectivity index (χ0n) is 14.2. The third kappa shape index (κ3) is 3.74. The van der Waals surface area contributed by atoms with Gasteiger partial charge in [-0.3, -0.25) is 0 Å². The Morgan fingerprint density at radius 1 is 0.762 bits per heavy atom. The molecule has 112 valence electrons. The van der Waals surface area contributed by atoms with Gasteiger partial charge in [0.25, 0.3) is 0 Å². The number of rotatable bonds is 4. The largest absolute Gasteiger partial charge is 0.313 e. The Bertz CT molecular complexity index is 597. The van der Waals surface area contributed by atoms with Crippen LogP contribution in [0.3, 0.4) is 0 Å². The number of benzene rings is 2. The highest BCUT2D eigenvalue weighted by molar-refractivity contribution is 5.41. The van der Waals surface area contributed by atoms with Gasteiger partial charge in [-0.2, -0.15) is 0 Å². The van der Waals surface area contributed by atoms with E-state index in [1.54, 1.807) is 0 Å². The summed E-state index contributed by atoms with van der Waals surface area (Å²) in [5, 5.41) is 3.51. The van der Waals surface area contributed by atoms with Crippen molar-refractivity contribution in [2.24, 2.45) is 0 Å². The van der Waals surface area contributed by atoms with Gasteiger partial charge in [-0.25, -0.2) is 0 Å². The molecule has 1 unspecified atom stereocenters. The molecule has 1 nitrogen and oxygen atoms in total. The molecule has 0 aliphatic rings. The number of aryl methyl sites for hydroxylation is 5. The lowest BCUT2D eigenvalue weighted by Crippen LogP contribution is -2.21. The first-order valence-electron chi connectivity index (χ1n) is 7.73. The van der Waals surface area contributed by atoms with E-state index in [1.165, 1.54) is 38.9 Å². The molecule has 0 fully saturated rings. The van der Waals surface area contributed by atoms with Crippen molar-refractivity contribution in [3.05, 3.63) is 69.3 Å². The molecule has 2 rings (SSSR count). The fourth-order valence-electron chi connectivity index (χ4n) is 3.51. The van der Waals surface area contributed by atoms with Crippen molar-refractivity contribution in [1.82, 2.24) is 5.32 Å². The third-order valence-corrected chi connectivity index (χ3v) is 4.16. The van der Waals surface area contributed by atoms with Crippen LogP contribution >= 0.6 is 0 Å². The predicted molar refractivity (Wildman–Crippen MR) is 92.1 cm³/mol. The van der Waals surface area contributed by atoms with Crippen molar-refractivity contribution in [1.29, 1.82) is 0 Å². The summed E-state index contributed by atoms with van der Waals surface area (Å²) >= 11 is 0. The fourth-order valence-corrected chi connectivity index (χ4v) is 3.51. The van der Waals surface area contributed by atoms with Crippen molar-refractivity contribution < 1.29 is 0 Å². The molecule has 0 amide bonds. The molecule has 0 radical (unpaired) electrons. The first-order chi connectivity index (χ1) is 9.90. The Kier molecular flexibility index (Phi) is 4.84. The van der Waals surface area contributed by atoms with Gasteiger partial charge in [0.15, 0.2) is 0 Å². The second-order valence-electron chi connectivity index (χ2n) is 6.35. The van der Waals surface area contributed by atoms with Crippen LogP contribution in [0.4, 0.5) is 0 Å². The van der Waals surface area contributed by atoms with Gasteiger partial charge in [-0.1, -0.05) is 47.0 Å². The summed E-state index contributed by atoms with van der Waals surface area (Å²) in [4.78, 5) is 0. The van der Waals surface area contributed by atoms with Crippen molar-refractivity contribution in [2.75, 3.05) is 7.05 Å². The van der Waals surface area contributed by atoms with Gasteiger partial charge in [-0.15, -0.1) is 0 Å². The number of hydrogen-bond donors (Lipinski definition) is 1. The topological polar surface area (TPSA) is 12.0 Å². The summed E-state index contributed by atoms with van der Waals surface area (Å²) in [7, 11) is 2.06. The SMILES string of the molecule is CNC(Cc1cc(C)cc(C)c1)c1c(C)cc(C)cc1C. The normalized spacial score (nSPS) is 12.5. The van der Waals surface area contributed by atoms with Crippen LogP contribution < -0.4 is 5.32 Å². The molecule has 21 heavy (non-hydrogen) atoms. The van der Waals surface area contributed by atoms with Crippen LogP contribution in [-0.2, 0) is 6.42 Å². The van der Waals surface area contributed by atoms with Crippen molar-refractivity contribution in [3.8, 4) is 0 Å². The minimum atomic E-state index is 0.367. The summed E-state index contributed by atoms with van der Waals surface area (Å²) in [6, 6.07) is 11.8. The highest BCUT2D eigenvalue weighted by Gasteiger charge is 2.15. The van der Waals surface area contributed by atoms with Gasteiger partial charge in [0, 0.05) is 6.04 Å². The van der Waals surface area contributed by atoms with E-state index in [0.717, 1.165) is 6.42 Å². The minimum Gasteiger partial charge on any atom is -0.313 e. The van der Waals surface area contributed by atoms with Crippen molar-refractivity contribution in [3.63, 3.8) is 0 Å². The Morgan fingerprint density at radius 2 is 1.24 bits per heavy atom. The average molecular weight is 281 g/mol. The second kappa shape index (κ2) is 6.44. The minimum absolute atomic E-state index is 0.367. The lowest BCUT2D eigenvalue weighted by molar-refractivity contribution is 0.585. The van der Waals surface area contributed by atoms with Crippen molar-refractivity contribution >= 4 is 0 Å². The Hall–Kier alpha value is -1.60. The number of hydrogen-bond acceptors (Lipinski definition) is 1. The van der Waals surface area contributed by atoms with Crippen molar-refractivity contribution in [2.45, 2.75) is 47.1 Å². The summed E-state index contributed by atoms with van der Waals surface area (Å²) in [6.45, 7) is 11.0. The molecular formula is C20H27N. The van der Waals surface area contributed by atoms with E-state index >= 15 is 0 Å². The van der Waals surface area contributed by atoms with E-state index in [2.05, 4.69) is 77.3 Å². The lowest BCUT2D eigenvalue weighted by Gasteiger charge is -2.22. The Morgan fingerprint density at radius 3 is 1.71 bits per heavy atom. The highest BCUT2D eigenvalue weighted by atomic mass is 14.9. The Labute approximate surface area is 129 Å². The smallest absolute Gasteiger partial charge is 0.0363 e. The van der Waals surface area contributed by atoms with Gasteiger partial charge in [0.05, 0.1) is 0 Å². The summed E-state index contributed by atoms with van der Waals surface area (Å²) in [5.74, 6) is 0. The maximum Gasteiger partial charge on any atom is 0.0363 e. The zero-order valence-corrected chi connectivity index (χ0v) is 14.2. The van der Waals surface area contributed by atoms with Gasteiger partial charge < -0.3 is 5.32 Å². The van der Waals surface area contributed by atoms with Crippen LogP contribution in [0.5, 0.6) is 0 Å². The lowest BCUT2D eigenvalue weighted by atomic mass is 9.90. The summed E-state index contributed by atoms with van der Waals surface area (Å²) < 4.78 is 0. The summed E-state index contributed by atoms with van der Waals surface area (Å²) in [5.41, 5.74) is 9.66. The fraction of sp³-hybridized carbons (Fsp3) is 0.400. The van der Waals surface area contributed by atoms with E-state index < -0.39 is 0 Å². The molecule has 0 spiro atoms. The number of nitrogens with one attached hydrogen (secondary N) is 1. The third-order valence-electron chi connectivity index (χ3n) is 4.16. The molecule has 0 aliphatic carbocycles. The predicted octanol–water partition coefficient (Wildman–Crippen LogP) is 4.73. The first-order valence-corrected chi connectivity index (χ1v) is 7.73. The summed E-state index contributed by atoms with van der Waals surface area (Å²) in [6.07, 6.45) is 1.03. The molecule has 0 saturated carbocycles. The molecular weight excluding hydrogens is 254 g/mol. The van der Waals surface area contributed by atoms with Crippen LogP contribution in [0.2, 0.25) is 0 Å². The maximum absolute atomic E-state index is 3.51.